The topological polar surface area (TPSA) is 121 Å². The van der Waals surface area contributed by atoms with E-state index in [-0.39, 0.29) is 37.9 Å². The Hall–Kier alpha value is -2.12. The van der Waals surface area contributed by atoms with Crippen LogP contribution in [0.15, 0.2) is 24.3 Å². The van der Waals surface area contributed by atoms with Gasteiger partial charge in [0.25, 0.3) is 0 Å². The molecule has 3 rings (SSSR count). The summed E-state index contributed by atoms with van der Waals surface area (Å²) in [5.74, 6) is -0.176. The van der Waals surface area contributed by atoms with Crippen LogP contribution >= 0.6 is 0 Å². The summed E-state index contributed by atoms with van der Waals surface area (Å²) in [5, 5.41) is 60.7. The lowest BCUT2D eigenvalue weighted by Crippen LogP contribution is -2.29. The maximum absolute atomic E-state index is 10.5. The van der Waals surface area contributed by atoms with Gasteiger partial charge in [-0.25, -0.2) is 0 Å². The molecule has 6 heteroatoms. The lowest BCUT2D eigenvalue weighted by molar-refractivity contribution is 0.262. The van der Waals surface area contributed by atoms with Gasteiger partial charge >= 0.3 is 0 Å². The normalized spacial score (nSPS) is 17.6. The van der Waals surface area contributed by atoms with Gasteiger partial charge < -0.3 is 30.6 Å². The van der Waals surface area contributed by atoms with Crippen molar-refractivity contribution in [2.45, 2.75) is 102 Å². The van der Waals surface area contributed by atoms with Crippen molar-refractivity contribution >= 4 is 0 Å². The highest BCUT2D eigenvalue weighted by atomic mass is 16.3. The van der Waals surface area contributed by atoms with E-state index in [0.717, 1.165) is 49.7 Å². The van der Waals surface area contributed by atoms with Gasteiger partial charge in [0.15, 0.2) is 0 Å². The third kappa shape index (κ3) is 5.74. The Balaban J connectivity index is 2.24. The van der Waals surface area contributed by atoms with Crippen LogP contribution in [-0.2, 0) is 31.8 Å². The lowest BCUT2D eigenvalue weighted by Gasteiger charge is -2.37. The number of benzene rings is 2. The first-order chi connectivity index (χ1) is 16.5. The molecule has 1 aliphatic carbocycles. The first-order valence-electron chi connectivity index (χ1n) is 12.6. The monoisotopic (exact) mass is 472 g/mol. The fourth-order valence-corrected chi connectivity index (χ4v) is 5.51. The Morgan fingerprint density at radius 1 is 0.471 bits per heavy atom. The van der Waals surface area contributed by atoms with Crippen LogP contribution < -0.4 is 0 Å². The third-order valence-corrected chi connectivity index (χ3v) is 7.53. The minimum atomic E-state index is -0.512. The fraction of sp³-hybridized carbons (Fsp3) is 0.571. The minimum Gasteiger partial charge on any atom is -0.507 e. The van der Waals surface area contributed by atoms with E-state index in [2.05, 4.69) is 0 Å². The van der Waals surface area contributed by atoms with E-state index < -0.39 is 5.41 Å². The molecule has 0 spiro atoms. The molecule has 1 aliphatic rings. The van der Waals surface area contributed by atoms with E-state index in [1.807, 2.05) is 24.3 Å². The molecule has 188 valence electrons. The summed E-state index contributed by atoms with van der Waals surface area (Å²) in [4.78, 5) is 0. The summed E-state index contributed by atoms with van der Waals surface area (Å²) in [6.45, 7) is -1.38. The second kappa shape index (κ2) is 12.5. The molecule has 0 bridgehead atoms. The largest absolute Gasteiger partial charge is 0.507 e. The van der Waals surface area contributed by atoms with Crippen LogP contribution in [0, 0.1) is 0 Å². The van der Waals surface area contributed by atoms with Gasteiger partial charge in [-0.1, -0.05) is 57.8 Å². The number of phenols is 2. The zero-order valence-electron chi connectivity index (χ0n) is 20.1. The number of aliphatic hydroxyl groups excluding tert-OH is 4. The average Bonchev–Trinajstić information content (AvgIpc) is 2.85. The average molecular weight is 473 g/mol. The molecule has 0 saturated heterocycles. The highest BCUT2D eigenvalue weighted by molar-refractivity contribution is 5.53. The van der Waals surface area contributed by atoms with Crippen LogP contribution in [0.3, 0.4) is 0 Å². The van der Waals surface area contributed by atoms with Gasteiger partial charge in [-0.3, -0.25) is 0 Å². The predicted molar refractivity (Wildman–Crippen MR) is 131 cm³/mol. The summed E-state index contributed by atoms with van der Waals surface area (Å²) in [7, 11) is 0. The van der Waals surface area contributed by atoms with Crippen molar-refractivity contribution in [3.8, 4) is 11.5 Å². The van der Waals surface area contributed by atoms with Crippen LogP contribution in [0.4, 0.5) is 0 Å². The predicted octanol–water partition coefficient (Wildman–Crippen LogP) is 4.66. The molecule has 34 heavy (non-hydrogen) atoms. The Kier molecular flexibility index (Phi) is 9.77. The van der Waals surface area contributed by atoms with Crippen LogP contribution in [0.25, 0.3) is 0 Å². The van der Waals surface area contributed by atoms with Crippen molar-refractivity contribution in [3.63, 3.8) is 0 Å². The van der Waals surface area contributed by atoms with Crippen molar-refractivity contribution in [1.82, 2.24) is 0 Å². The van der Waals surface area contributed by atoms with Gasteiger partial charge in [-0.15, -0.1) is 0 Å². The standard InChI is InChI=1S/C28H40O6/c29-16-20-12-24(13-21(17-30)26(20)33)28(10-8-6-4-2-1-3-5-7-9-11-28)25-14-22(18-31)27(34)23(15-25)19-32/h12-15,29-34H,1-11,16-19H2. The number of hydrogen-bond acceptors (Lipinski definition) is 6. The van der Waals surface area contributed by atoms with Crippen LogP contribution in [-0.4, -0.2) is 30.6 Å². The van der Waals surface area contributed by atoms with Crippen molar-refractivity contribution in [2.24, 2.45) is 0 Å². The van der Waals surface area contributed by atoms with E-state index in [4.69, 9.17) is 0 Å². The number of aliphatic hydroxyl groups is 4. The molecule has 2 aromatic rings. The number of rotatable bonds is 6. The molecule has 0 atom stereocenters. The van der Waals surface area contributed by atoms with Gasteiger partial charge in [0.2, 0.25) is 0 Å². The molecule has 0 heterocycles. The SMILES string of the molecule is OCc1cc(C2(c3cc(CO)c(O)c(CO)c3)CCCCCCCCCCC2)cc(CO)c1O. The van der Waals surface area contributed by atoms with Crippen LogP contribution in [0.5, 0.6) is 11.5 Å². The molecule has 6 nitrogen and oxygen atoms in total. The zero-order valence-corrected chi connectivity index (χ0v) is 20.1. The zero-order chi connectivity index (χ0) is 24.6. The van der Waals surface area contributed by atoms with Crippen molar-refractivity contribution < 1.29 is 30.6 Å². The van der Waals surface area contributed by atoms with E-state index in [9.17, 15) is 30.6 Å². The van der Waals surface area contributed by atoms with E-state index in [1.165, 1.54) is 32.1 Å². The molecule has 0 amide bonds. The van der Waals surface area contributed by atoms with E-state index >= 15 is 0 Å². The smallest absolute Gasteiger partial charge is 0.126 e. The van der Waals surface area contributed by atoms with E-state index in [1.54, 1.807) is 0 Å². The van der Waals surface area contributed by atoms with Gasteiger partial charge in [-0.2, -0.15) is 0 Å². The molecule has 2 aromatic carbocycles. The quantitative estimate of drug-likeness (QED) is 0.364. The first kappa shape index (κ1) is 26.5. The molecule has 0 unspecified atom stereocenters. The highest BCUT2D eigenvalue weighted by Crippen LogP contribution is 2.46. The highest BCUT2D eigenvalue weighted by Gasteiger charge is 2.36. The molecule has 0 aliphatic heterocycles. The second-order valence-electron chi connectivity index (χ2n) is 9.68. The second-order valence-corrected chi connectivity index (χ2v) is 9.68. The Labute approximate surface area is 202 Å². The fourth-order valence-electron chi connectivity index (χ4n) is 5.51. The molecular formula is C28H40O6. The molecule has 0 aromatic heterocycles. The Morgan fingerprint density at radius 3 is 1.00 bits per heavy atom. The molecule has 1 fully saturated rings. The van der Waals surface area contributed by atoms with Crippen molar-refractivity contribution in [1.29, 1.82) is 0 Å². The van der Waals surface area contributed by atoms with Crippen molar-refractivity contribution in [2.75, 3.05) is 0 Å². The molecular weight excluding hydrogens is 432 g/mol. The van der Waals surface area contributed by atoms with Gasteiger partial charge in [0.05, 0.1) is 26.4 Å². The molecule has 1 saturated carbocycles. The van der Waals surface area contributed by atoms with Crippen LogP contribution in [0.2, 0.25) is 0 Å². The number of hydrogen-bond donors (Lipinski definition) is 6. The molecule has 0 radical (unpaired) electrons. The Bertz CT molecular complexity index is 813. The van der Waals surface area contributed by atoms with Gasteiger partial charge in [0.1, 0.15) is 11.5 Å². The van der Waals surface area contributed by atoms with Gasteiger partial charge in [0, 0.05) is 27.7 Å². The first-order valence-corrected chi connectivity index (χ1v) is 12.6. The minimum absolute atomic E-state index is 0.0881. The summed E-state index contributed by atoms with van der Waals surface area (Å²) in [6, 6.07) is 7.30. The maximum atomic E-state index is 10.5. The van der Waals surface area contributed by atoms with Crippen molar-refractivity contribution in [3.05, 3.63) is 57.6 Å². The summed E-state index contributed by atoms with van der Waals surface area (Å²) < 4.78 is 0. The Morgan fingerprint density at radius 2 is 0.735 bits per heavy atom. The third-order valence-electron chi connectivity index (χ3n) is 7.53. The van der Waals surface area contributed by atoms with Crippen LogP contribution in [0.1, 0.15) is 104 Å². The molecule has 6 N–H and O–H groups in total. The maximum Gasteiger partial charge on any atom is 0.126 e. The summed E-state index contributed by atoms with van der Waals surface area (Å²) >= 11 is 0. The lowest BCUT2D eigenvalue weighted by atomic mass is 9.66. The summed E-state index contributed by atoms with van der Waals surface area (Å²) in [5.41, 5.74) is 2.77. The van der Waals surface area contributed by atoms with E-state index in [0.29, 0.717) is 22.3 Å². The van der Waals surface area contributed by atoms with Gasteiger partial charge in [-0.05, 0) is 48.2 Å². The number of aromatic hydroxyl groups is 2. The summed E-state index contributed by atoms with van der Waals surface area (Å²) in [6.07, 6.45) is 11.9.